The summed E-state index contributed by atoms with van der Waals surface area (Å²) in [7, 11) is 0. The summed E-state index contributed by atoms with van der Waals surface area (Å²) in [4.78, 5) is 2.41. The molecule has 1 heterocycles. The number of hydrogen-bond donors (Lipinski definition) is 1. The molecule has 0 amide bonds. The number of rotatable bonds is 4. The van der Waals surface area contributed by atoms with Crippen molar-refractivity contribution in [3.05, 3.63) is 36.4 Å². The van der Waals surface area contributed by atoms with Crippen LogP contribution in [-0.4, -0.2) is 24.0 Å². The SMILES string of the molecule is C=C(c1ccc(NC(C)C)cc1)N1CCCCC1. The van der Waals surface area contributed by atoms with E-state index in [1.54, 1.807) is 0 Å². The van der Waals surface area contributed by atoms with E-state index in [-0.39, 0.29) is 0 Å². The summed E-state index contributed by atoms with van der Waals surface area (Å²) in [6.07, 6.45) is 3.96. The van der Waals surface area contributed by atoms with Crippen molar-refractivity contribution in [1.82, 2.24) is 4.90 Å². The lowest BCUT2D eigenvalue weighted by Gasteiger charge is -2.30. The molecule has 1 aliphatic rings. The van der Waals surface area contributed by atoms with Crippen molar-refractivity contribution in [3.63, 3.8) is 0 Å². The monoisotopic (exact) mass is 244 g/mol. The van der Waals surface area contributed by atoms with Crippen molar-refractivity contribution in [2.75, 3.05) is 18.4 Å². The van der Waals surface area contributed by atoms with Crippen molar-refractivity contribution in [2.24, 2.45) is 0 Å². The summed E-state index contributed by atoms with van der Waals surface area (Å²) in [5.41, 5.74) is 3.59. The lowest BCUT2D eigenvalue weighted by molar-refractivity contribution is 0.326. The summed E-state index contributed by atoms with van der Waals surface area (Å²) >= 11 is 0. The van der Waals surface area contributed by atoms with E-state index in [9.17, 15) is 0 Å². The molecule has 0 bridgehead atoms. The summed E-state index contributed by atoms with van der Waals surface area (Å²) in [5, 5.41) is 3.41. The summed E-state index contributed by atoms with van der Waals surface area (Å²) in [5.74, 6) is 0. The first-order valence-corrected chi connectivity index (χ1v) is 6.97. The molecule has 1 aromatic rings. The van der Waals surface area contributed by atoms with Gasteiger partial charge in [0.1, 0.15) is 0 Å². The molecule has 0 atom stereocenters. The van der Waals surface area contributed by atoms with Crippen molar-refractivity contribution < 1.29 is 0 Å². The predicted molar refractivity (Wildman–Crippen MR) is 79.7 cm³/mol. The van der Waals surface area contributed by atoms with Crippen LogP contribution >= 0.6 is 0 Å². The van der Waals surface area contributed by atoms with Gasteiger partial charge < -0.3 is 10.2 Å². The molecule has 0 radical (unpaired) electrons. The van der Waals surface area contributed by atoms with Gasteiger partial charge in [0.2, 0.25) is 0 Å². The molecule has 2 rings (SSSR count). The minimum atomic E-state index is 0.473. The summed E-state index contributed by atoms with van der Waals surface area (Å²) in [6.45, 7) is 10.9. The van der Waals surface area contributed by atoms with Crippen LogP contribution in [0.5, 0.6) is 0 Å². The lowest BCUT2D eigenvalue weighted by atomic mass is 10.1. The maximum atomic E-state index is 4.24. The lowest BCUT2D eigenvalue weighted by Crippen LogP contribution is -2.27. The van der Waals surface area contributed by atoms with Crippen molar-refractivity contribution >= 4 is 11.4 Å². The van der Waals surface area contributed by atoms with E-state index in [1.807, 2.05) is 0 Å². The zero-order valence-electron chi connectivity index (χ0n) is 11.6. The van der Waals surface area contributed by atoms with Gasteiger partial charge in [-0.25, -0.2) is 0 Å². The maximum absolute atomic E-state index is 4.24. The van der Waals surface area contributed by atoms with Gasteiger partial charge in [0, 0.05) is 30.5 Å². The molecule has 1 saturated heterocycles. The van der Waals surface area contributed by atoms with Gasteiger partial charge in [0.25, 0.3) is 0 Å². The fourth-order valence-corrected chi connectivity index (χ4v) is 2.44. The van der Waals surface area contributed by atoms with E-state index in [0.29, 0.717) is 6.04 Å². The van der Waals surface area contributed by atoms with Gasteiger partial charge in [-0.15, -0.1) is 0 Å². The van der Waals surface area contributed by atoms with Crippen molar-refractivity contribution in [1.29, 1.82) is 0 Å². The van der Waals surface area contributed by atoms with E-state index in [4.69, 9.17) is 0 Å². The van der Waals surface area contributed by atoms with Crippen LogP contribution in [0.3, 0.4) is 0 Å². The normalized spacial score (nSPS) is 15.8. The van der Waals surface area contributed by atoms with Gasteiger partial charge in [0.05, 0.1) is 0 Å². The molecule has 0 aromatic heterocycles. The zero-order chi connectivity index (χ0) is 13.0. The molecule has 0 saturated carbocycles. The van der Waals surface area contributed by atoms with Crippen molar-refractivity contribution in [3.8, 4) is 0 Å². The molecule has 0 spiro atoms. The average molecular weight is 244 g/mol. The summed E-state index contributed by atoms with van der Waals surface area (Å²) < 4.78 is 0. The number of likely N-dealkylation sites (tertiary alicyclic amines) is 1. The first kappa shape index (κ1) is 13.0. The molecule has 0 aliphatic carbocycles. The number of anilines is 1. The van der Waals surface area contributed by atoms with Crippen LogP contribution in [0.4, 0.5) is 5.69 Å². The Labute approximate surface area is 111 Å². The first-order valence-electron chi connectivity index (χ1n) is 6.97. The van der Waals surface area contributed by atoms with Crippen LogP contribution < -0.4 is 5.32 Å². The fraction of sp³-hybridized carbons (Fsp3) is 0.500. The van der Waals surface area contributed by atoms with Crippen LogP contribution in [0.25, 0.3) is 5.70 Å². The molecule has 1 N–H and O–H groups in total. The smallest absolute Gasteiger partial charge is 0.0366 e. The second-order valence-electron chi connectivity index (χ2n) is 5.37. The quantitative estimate of drug-likeness (QED) is 0.862. The number of nitrogens with one attached hydrogen (secondary N) is 1. The molecule has 1 fully saturated rings. The largest absolute Gasteiger partial charge is 0.383 e. The number of nitrogens with zero attached hydrogens (tertiary/aromatic N) is 1. The Morgan fingerprint density at radius 1 is 1.11 bits per heavy atom. The molecule has 0 unspecified atom stereocenters. The van der Waals surface area contributed by atoms with Crippen LogP contribution in [0.15, 0.2) is 30.8 Å². The highest BCUT2D eigenvalue weighted by molar-refractivity contribution is 5.64. The molecule has 1 aliphatic heterocycles. The van der Waals surface area contributed by atoms with E-state index >= 15 is 0 Å². The molecule has 1 aromatic carbocycles. The highest BCUT2D eigenvalue weighted by Crippen LogP contribution is 2.23. The molecular weight excluding hydrogens is 220 g/mol. The van der Waals surface area contributed by atoms with Gasteiger partial charge in [0.15, 0.2) is 0 Å². The van der Waals surface area contributed by atoms with Crippen LogP contribution in [0, 0.1) is 0 Å². The van der Waals surface area contributed by atoms with E-state index in [2.05, 4.69) is 54.9 Å². The Morgan fingerprint density at radius 3 is 2.28 bits per heavy atom. The second-order valence-corrected chi connectivity index (χ2v) is 5.37. The third kappa shape index (κ3) is 3.28. The fourth-order valence-electron chi connectivity index (χ4n) is 2.44. The van der Waals surface area contributed by atoms with Crippen LogP contribution in [0.2, 0.25) is 0 Å². The molecule has 2 heteroatoms. The topological polar surface area (TPSA) is 15.3 Å². The van der Waals surface area contributed by atoms with E-state index in [0.717, 1.165) is 13.1 Å². The number of benzene rings is 1. The second kappa shape index (κ2) is 5.94. The van der Waals surface area contributed by atoms with Gasteiger partial charge in [-0.1, -0.05) is 18.7 Å². The van der Waals surface area contributed by atoms with Crippen LogP contribution in [0.1, 0.15) is 38.7 Å². The van der Waals surface area contributed by atoms with Crippen molar-refractivity contribution in [2.45, 2.75) is 39.2 Å². The van der Waals surface area contributed by atoms with E-state index < -0.39 is 0 Å². The van der Waals surface area contributed by atoms with Gasteiger partial charge in [-0.3, -0.25) is 0 Å². The predicted octanol–water partition coefficient (Wildman–Crippen LogP) is 3.96. The molecule has 2 nitrogen and oxygen atoms in total. The van der Waals surface area contributed by atoms with E-state index in [1.165, 1.54) is 36.2 Å². The Kier molecular flexibility index (Phi) is 4.29. The Morgan fingerprint density at radius 2 is 1.72 bits per heavy atom. The highest BCUT2D eigenvalue weighted by atomic mass is 15.1. The Hall–Kier alpha value is -1.44. The minimum absolute atomic E-state index is 0.473. The van der Waals surface area contributed by atoms with Crippen LogP contribution in [-0.2, 0) is 0 Å². The van der Waals surface area contributed by atoms with Gasteiger partial charge in [-0.05, 0) is 50.8 Å². The third-order valence-electron chi connectivity index (χ3n) is 3.41. The number of piperidine rings is 1. The van der Waals surface area contributed by atoms with Gasteiger partial charge >= 0.3 is 0 Å². The third-order valence-corrected chi connectivity index (χ3v) is 3.41. The summed E-state index contributed by atoms with van der Waals surface area (Å²) in [6, 6.07) is 9.10. The molecule has 98 valence electrons. The molecule has 18 heavy (non-hydrogen) atoms. The number of hydrogen-bond acceptors (Lipinski definition) is 2. The standard InChI is InChI=1S/C16H24N2/c1-13(2)17-16-9-7-15(8-10-16)14(3)18-11-5-4-6-12-18/h7-10,13,17H,3-6,11-12H2,1-2H3. The zero-order valence-corrected chi connectivity index (χ0v) is 11.6. The Bertz CT molecular complexity index is 386. The Balaban J connectivity index is 2.02. The minimum Gasteiger partial charge on any atom is -0.383 e. The molecular formula is C16H24N2. The maximum Gasteiger partial charge on any atom is 0.0366 e. The van der Waals surface area contributed by atoms with Gasteiger partial charge in [-0.2, -0.15) is 0 Å². The highest BCUT2D eigenvalue weighted by Gasteiger charge is 2.12. The first-order chi connectivity index (χ1) is 8.66. The average Bonchev–Trinajstić information content (AvgIpc) is 2.39.